The van der Waals surface area contributed by atoms with Crippen LogP contribution < -0.4 is 10.2 Å². The Morgan fingerprint density at radius 1 is 1.27 bits per heavy atom. The minimum absolute atomic E-state index is 0.0311. The van der Waals surface area contributed by atoms with Crippen molar-refractivity contribution in [1.82, 2.24) is 20.1 Å². The highest BCUT2D eigenvalue weighted by atomic mass is 16.4. The molecule has 4 rings (SSSR count). The minimum Gasteiger partial charge on any atom is -0.459 e. The predicted octanol–water partition coefficient (Wildman–Crippen LogP) is 2.20. The van der Waals surface area contributed by atoms with E-state index in [1.54, 1.807) is 17.0 Å². The third-order valence-corrected chi connectivity index (χ3v) is 6.20. The molecule has 2 aromatic heterocycles. The number of anilines is 1. The Kier molecular flexibility index (Phi) is 6.55. The average molecular weight is 458 g/mol. The molecule has 0 bridgehead atoms. The molecule has 4 heterocycles. The zero-order chi connectivity index (χ0) is 23.7. The van der Waals surface area contributed by atoms with Gasteiger partial charge in [0.2, 0.25) is 11.8 Å². The van der Waals surface area contributed by atoms with Crippen LogP contribution in [0.15, 0.2) is 33.6 Å². The summed E-state index contributed by atoms with van der Waals surface area (Å²) in [6.07, 6.45) is 3.25. The van der Waals surface area contributed by atoms with Crippen LogP contribution in [0, 0.1) is 11.8 Å². The summed E-state index contributed by atoms with van der Waals surface area (Å²) in [6.45, 7) is 7.70. The maximum absolute atomic E-state index is 13.6. The summed E-state index contributed by atoms with van der Waals surface area (Å²) in [5.41, 5.74) is 0.0311. The summed E-state index contributed by atoms with van der Waals surface area (Å²) in [7, 11) is 1.90. The van der Waals surface area contributed by atoms with Gasteiger partial charge in [-0.1, -0.05) is 20.8 Å². The van der Waals surface area contributed by atoms with Gasteiger partial charge in [-0.25, -0.2) is 4.98 Å². The standard InChI is InChI=1S/C23H31N5O5/c1-14(2)10-16-20(29)26(11-15(3)7-8-24-4)12-18-27(16)22(31)19-23(33-13-25-19)28(18)21(30)17-6-5-9-32-17/h5-6,9,13-16,18,24H,7-8,10-12H2,1-4H3/t15?,16-,18?/m0/s1. The van der Waals surface area contributed by atoms with Gasteiger partial charge in [0.05, 0.1) is 12.8 Å². The fourth-order valence-corrected chi connectivity index (χ4v) is 4.64. The Bertz CT molecular complexity index is 1000. The van der Waals surface area contributed by atoms with Crippen molar-refractivity contribution in [2.45, 2.75) is 45.8 Å². The second-order valence-electron chi connectivity index (χ2n) is 9.24. The van der Waals surface area contributed by atoms with Gasteiger partial charge in [0.15, 0.2) is 17.8 Å². The van der Waals surface area contributed by atoms with E-state index in [0.29, 0.717) is 13.0 Å². The van der Waals surface area contributed by atoms with Gasteiger partial charge in [-0.15, -0.1) is 0 Å². The van der Waals surface area contributed by atoms with Gasteiger partial charge in [-0.2, -0.15) is 0 Å². The summed E-state index contributed by atoms with van der Waals surface area (Å²) in [6, 6.07) is 2.50. The van der Waals surface area contributed by atoms with Gasteiger partial charge < -0.3 is 24.0 Å². The zero-order valence-corrected chi connectivity index (χ0v) is 19.5. The van der Waals surface area contributed by atoms with Crippen LogP contribution in [0.3, 0.4) is 0 Å². The Morgan fingerprint density at radius 3 is 2.73 bits per heavy atom. The number of amides is 3. The lowest BCUT2D eigenvalue weighted by Gasteiger charge is -2.51. The molecule has 0 saturated carbocycles. The van der Waals surface area contributed by atoms with Gasteiger partial charge >= 0.3 is 0 Å². The normalized spacial score (nSPS) is 21.4. The molecule has 10 heteroatoms. The SMILES string of the molecule is CNCCC(C)CN1CC2N(C(=O)c3ccco3)c3ocnc3C(=O)N2[C@@H](CC(C)C)C1=O. The third kappa shape index (κ3) is 4.27. The second-order valence-corrected chi connectivity index (χ2v) is 9.24. The highest BCUT2D eigenvalue weighted by molar-refractivity contribution is 6.11. The van der Waals surface area contributed by atoms with Crippen molar-refractivity contribution in [3.63, 3.8) is 0 Å². The Morgan fingerprint density at radius 2 is 2.06 bits per heavy atom. The van der Waals surface area contributed by atoms with Gasteiger partial charge in [-0.3, -0.25) is 19.3 Å². The maximum Gasteiger partial charge on any atom is 0.298 e. The van der Waals surface area contributed by atoms with E-state index in [-0.39, 0.29) is 41.6 Å². The third-order valence-electron chi connectivity index (χ3n) is 6.20. The second kappa shape index (κ2) is 9.38. The van der Waals surface area contributed by atoms with E-state index in [0.717, 1.165) is 19.4 Å². The number of furan rings is 1. The molecule has 0 radical (unpaired) electrons. The molecule has 0 spiro atoms. The molecule has 2 aliphatic heterocycles. The Hall–Kier alpha value is -3.14. The first kappa shape index (κ1) is 23.0. The summed E-state index contributed by atoms with van der Waals surface area (Å²) in [5.74, 6) is -0.303. The van der Waals surface area contributed by atoms with Gasteiger partial charge in [0.25, 0.3) is 11.8 Å². The quantitative estimate of drug-likeness (QED) is 0.647. The zero-order valence-electron chi connectivity index (χ0n) is 19.5. The average Bonchev–Trinajstić information content (AvgIpc) is 3.47. The molecule has 1 saturated heterocycles. The molecule has 3 atom stereocenters. The predicted molar refractivity (Wildman–Crippen MR) is 120 cm³/mol. The molecule has 3 amide bonds. The number of carbonyl (C=O) groups excluding carboxylic acids is 3. The van der Waals surface area contributed by atoms with Crippen LogP contribution in [0.25, 0.3) is 0 Å². The first-order chi connectivity index (χ1) is 15.8. The van der Waals surface area contributed by atoms with E-state index in [2.05, 4.69) is 17.2 Å². The summed E-state index contributed by atoms with van der Waals surface area (Å²) in [5, 5.41) is 3.14. The fraction of sp³-hybridized carbons (Fsp3) is 0.565. The van der Waals surface area contributed by atoms with Crippen molar-refractivity contribution in [2.75, 3.05) is 31.6 Å². The number of aromatic nitrogens is 1. The van der Waals surface area contributed by atoms with Crippen molar-refractivity contribution in [3.8, 4) is 0 Å². The molecule has 0 aromatic carbocycles. The van der Waals surface area contributed by atoms with Crippen LogP contribution in [-0.2, 0) is 4.79 Å². The van der Waals surface area contributed by atoms with Gasteiger partial charge in [0.1, 0.15) is 12.2 Å². The fourth-order valence-electron chi connectivity index (χ4n) is 4.64. The lowest BCUT2D eigenvalue weighted by molar-refractivity contribution is -0.144. The first-order valence-electron chi connectivity index (χ1n) is 11.4. The highest BCUT2D eigenvalue weighted by Gasteiger charge is 2.53. The largest absolute Gasteiger partial charge is 0.459 e. The number of piperazine rings is 1. The molecule has 1 fully saturated rings. The van der Waals surface area contributed by atoms with Crippen LogP contribution in [0.2, 0.25) is 0 Å². The number of rotatable bonds is 8. The van der Waals surface area contributed by atoms with E-state index in [4.69, 9.17) is 8.83 Å². The van der Waals surface area contributed by atoms with E-state index in [1.807, 2.05) is 20.9 Å². The van der Waals surface area contributed by atoms with Gasteiger partial charge in [-0.05, 0) is 50.4 Å². The number of hydrogen-bond acceptors (Lipinski definition) is 7. The van der Waals surface area contributed by atoms with E-state index in [1.165, 1.54) is 16.1 Å². The number of nitrogens with zero attached hydrogens (tertiary/aromatic N) is 4. The van der Waals surface area contributed by atoms with Crippen molar-refractivity contribution in [3.05, 3.63) is 36.2 Å². The van der Waals surface area contributed by atoms with Gasteiger partial charge in [0, 0.05) is 6.54 Å². The van der Waals surface area contributed by atoms with Crippen LogP contribution in [0.4, 0.5) is 5.88 Å². The van der Waals surface area contributed by atoms with Crippen molar-refractivity contribution in [1.29, 1.82) is 0 Å². The Balaban J connectivity index is 1.74. The monoisotopic (exact) mass is 457 g/mol. The molecular formula is C23H31N5O5. The topological polar surface area (TPSA) is 112 Å². The molecule has 2 aromatic rings. The van der Waals surface area contributed by atoms with E-state index < -0.39 is 24.0 Å². The number of nitrogens with one attached hydrogen (secondary N) is 1. The van der Waals surface area contributed by atoms with Crippen molar-refractivity contribution >= 4 is 23.6 Å². The summed E-state index contributed by atoms with van der Waals surface area (Å²) in [4.78, 5) is 49.3. The Labute approximate surface area is 192 Å². The lowest BCUT2D eigenvalue weighted by atomic mass is 9.95. The van der Waals surface area contributed by atoms with Crippen LogP contribution in [-0.4, -0.2) is 71.4 Å². The number of fused-ring (bicyclic) bond motifs is 2. The van der Waals surface area contributed by atoms with E-state index in [9.17, 15) is 14.4 Å². The van der Waals surface area contributed by atoms with Crippen LogP contribution in [0.5, 0.6) is 0 Å². The molecule has 10 nitrogen and oxygen atoms in total. The number of hydrogen-bond donors (Lipinski definition) is 1. The molecule has 33 heavy (non-hydrogen) atoms. The molecule has 1 N–H and O–H groups in total. The van der Waals surface area contributed by atoms with Crippen LogP contribution in [0.1, 0.15) is 54.7 Å². The summed E-state index contributed by atoms with van der Waals surface area (Å²) >= 11 is 0. The maximum atomic E-state index is 13.6. The minimum atomic E-state index is -0.714. The van der Waals surface area contributed by atoms with Crippen molar-refractivity contribution < 1.29 is 23.2 Å². The highest BCUT2D eigenvalue weighted by Crippen LogP contribution is 2.37. The lowest BCUT2D eigenvalue weighted by Crippen LogP contribution is -2.71. The smallest absolute Gasteiger partial charge is 0.298 e. The molecule has 0 aliphatic carbocycles. The van der Waals surface area contributed by atoms with Crippen molar-refractivity contribution in [2.24, 2.45) is 11.8 Å². The molecule has 2 aliphatic rings. The number of carbonyl (C=O) groups is 3. The molecular weight excluding hydrogens is 426 g/mol. The summed E-state index contributed by atoms with van der Waals surface area (Å²) < 4.78 is 10.9. The first-order valence-corrected chi connectivity index (χ1v) is 11.4. The van der Waals surface area contributed by atoms with Crippen LogP contribution >= 0.6 is 0 Å². The molecule has 2 unspecified atom stereocenters. The number of oxazole rings is 1. The van der Waals surface area contributed by atoms with E-state index >= 15 is 0 Å². The molecule has 178 valence electrons.